The maximum atomic E-state index is 10.4. The Kier molecular flexibility index (Phi) is 15.2. The van der Waals surface area contributed by atoms with E-state index < -0.39 is 5.97 Å². The van der Waals surface area contributed by atoms with Gasteiger partial charge in [0.2, 0.25) is 0 Å². The minimum atomic E-state index is -0.848. The van der Waals surface area contributed by atoms with Gasteiger partial charge in [-0.15, -0.1) is 12.4 Å². The van der Waals surface area contributed by atoms with Crippen molar-refractivity contribution in [2.75, 3.05) is 20.7 Å². The number of esters is 1. The number of likely N-dealkylation sites (N-methyl/N-ethyl adjacent to an activating group) is 1. The van der Waals surface area contributed by atoms with Crippen molar-refractivity contribution >= 4 is 24.3 Å². The van der Waals surface area contributed by atoms with Crippen LogP contribution in [0.25, 0.3) is 0 Å². The highest BCUT2D eigenvalue weighted by Gasteiger charge is 2.04. The molecule has 0 aliphatic heterocycles. The lowest BCUT2D eigenvalue weighted by atomic mass is 10.2. The van der Waals surface area contributed by atoms with Gasteiger partial charge in [-0.3, -0.25) is 4.79 Å². The first-order valence-corrected chi connectivity index (χ1v) is 5.43. The molecule has 1 N–H and O–H groups in total. The zero-order valence-electron chi connectivity index (χ0n) is 11.9. The second-order valence-corrected chi connectivity index (χ2v) is 3.78. The monoisotopic (exact) mass is 281 g/mol. The largest absolute Gasteiger partial charge is 0.478 e. The third kappa shape index (κ3) is 14.9. The lowest BCUT2D eigenvalue weighted by Gasteiger charge is -2.15. The molecule has 1 atom stereocenters. The van der Waals surface area contributed by atoms with Crippen molar-refractivity contribution in [3.8, 4) is 0 Å². The van der Waals surface area contributed by atoms with Gasteiger partial charge in [0, 0.05) is 18.5 Å². The minimum Gasteiger partial charge on any atom is -0.478 e. The Balaban J connectivity index is -0.000000277. The quantitative estimate of drug-likeness (QED) is 0.630. The van der Waals surface area contributed by atoms with E-state index in [0.29, 0.717) is 12.2 Å². The van der Waals surface area contributed by atoms with Crippen LogP contribution >= 0.6 is 12.4 Å². The topological polar surface area (TPSA) is 66.8 Å². The van der Waals surface area contributed by atoms with E-state index in [1.807, 2.05) is 25.9 Å². The highest BCUT2D eigenvalue weighted by molar-refractivity contribution is 5.86. The fraction of sp³-hybridized carbons (Fsp3) is 0.667. The number of carbonyl (C=O) groups is 2. The maximum absolute atomic E-state index is 10.4. The predicted molar refractivity (Wildman–Crippen MR) is 74.1 cm³/mol. The van der Waals surface area contributed by atoms with Crippen molar-refractivity contribution in [2.24, 2.45) is 0 Å². The average molecular weight is 282 g/mol. The van der Waals surface area contributed by atoms with Gasteiger partial charge >= 0.3 is 11.9 Å². The minimum absolute atomic E-state index is 0. The molecule has 0 amide bonds. The number of carboxylic acids is 1. The molecule has 18 heavy (non-hydrogen) atoms. The first-order valence-electron chi connectivity index (χ1n) is 5.43. The van der Waals surface area contributed by atoms with E-state index in [1.165, 1.54) is 6.92 Å². The molecule has 0 fully saturated rings. The van der Waals surface area contributed by atoms with Crippen molar-refractivity contribution in [1.29, 1.82) is 0 Å². The highest BCUT2D eigenvalue weighted by Crippen LogP contribution is 1.99. The Bertz CT molecular complexity index is 277. The summed E-state index contributed by atoms with van der Waals surface area (Å²) < 4.78 is 4.40. The molecule has 0 aliphatic carbocycles. The molecule has 0 radical (unpaired) electrons. The molecule has 0 aromatic rings. The Morgan fingerprint density at radius 2 is 1.78 bits per heavy atom. The number of halogens is 1. The third-order valence-electron chi connectivity index (χ3n) is 1.99. The number of hydrogen-bond donors (Lipinski definition) is 1. The van der Waals surface area contributed by atoms with Crippen molar-refractivity contribution < 1.29 is 19.4 Å². The van der Waals surface area contributed by atoms with Gasteiger partial charge in [-0.1, -0.05) is 6.08 Å². The fourth-order valence-electron chi connectivity index (χ4n) is 0.785. The average Bonchev–Trinajstić information content (AvgIpc) is 2.17. The van der Waals surface area contributed by atoms with Gasteiger partial charge in [0.15, 0.2) is 0 Å². The van der Waals surface area contributed by atoms with Crippen molar-refractivity contribution in [3.05, 3.63) is 11.6 Å². The van der Waals surface area contributed by atoms with E-state index >= 15 is 0 Å². The third-order valence-corrected chi connectivity index (χ3v) is 1.99. The first-order chi connectivity index (χ1) is 7.72. The lowest BCUT2D eigenvalue weighted by molar-refractivity contribution is -0.140. The molecule has 0 spiro atoms. The smallest absolute Gasteiger partial charge is 0.331 e. The molecular weight excluding hydrogens is 258 g/mol. The summed E-state index contributed by atoms with van der Waals surface area (Å²) in [5, 5.41) is 8.53. The number of ether oxygens (including phenoxy) is 1. The number of carboxylic acid groups (broad SMARTS) is 1. The van der Waals surface area contributed by atoms with Crippen molar-refractivity contribution in [3.63, 3.8) is 0 Å². The number of aliphatic carboxylic acids is 1. The van der Waals surface area contributed by atoms with Gasteiger partial charge in [0.1, 0.15) is 0 Å². The zero-order chi connectivity index (χ0) is 14.0. The summed E-state index contributed by atoms with van der Waals surface area (Å²) in [6.07, 6.45) is 1.72. The second-order valence-electron chi connectivity index (χ2n) is 3.78. The van der Waals surface area contributed by atoms with E-state index in [4.69, 9.17) is 5.11 Å². The molecule has 1 unspecified atom stereocenters. The molecule has 0 saturated heterocycles. The van der Waals surface area contributed by atoms with Gasteiger partial charge < -0.3 is 14.7 Å². The molecule has 5 nitrogen and oxygen atoms in total. The Labute approximate surface area is 115 Å². The Hall–Kier alpha value is -1.07. The SMILES string of the molecule is CC(=CC(C)N(C)C)C(=O)O.CCOC(C)=O.Cl. The van der Waals surface area contributed by atoms with E-state index in [2.05, 4.69) is 4.74 Å². The fourth-order valence-corrected chi connectivity index (χ4v) is 0.785. The zero-order valence-corrected chi connectivity index (χ0v) is 12.7. The van der Waals surface area contributed by atoms with Crippen LogP contribution in [0.5, 0.6) is 0 Å². The number of carbonyl (C=O) groups excluding carboxylic acids is 1. The Morgan fingerprint density at radius 3 is 1.94 bits per heavy atom. The van der Waals surface area contributed by atoms with Gasteiger partial charge in [0.05, 0.1) is 6.61 Å². The van der Waals surface area contributed by atoms with Gasteiger partial charge in [0.25, 0.3) is 0 Å². The molecule has 0 rings (SSSR count). The van der Waals surface area contributed by atoms with Crippen LogP contribution in [0.3, 0.4) is 0 Å². The van der Waals surface area contributed by atoms with Gasteiger partial charge in [-0.2, -0.15) is 0 Å². The van der Waals surface area contributed by atoms with Crippen molar-refractivity contribution in [1.82, 2.24) is 4.90 Å². The molecule has 0 aromatic carbocycles. The van der Waals surface area contributed by atoms with Crippen LogP contribution in [0.2, 0.25) is 0 Å². The molecule has 0 heterocycles. The standard InChI is InChI=1S/C8H15NO2.C4H8O2.ClH/c1-6(8(10)11)5-7(2)9(3)4;1-3-6-4(2)5;/h5,7H,1-4H3,(H,10,11);3H2,1-2H3;1H. The second kappa shape index (κ2) is 12.4. The molecule has 6 heteroatoms. The summed E-state index contributed by atoms with van der Waals surface area (Å²) >= 11 is 0. The van der Waals surface area contributed by atoms with Crippen LogP contribution in [-0.2, 0) is 14.3 Å². The molecule has 0 aliphatic rings. The summed E-state index contributed by atoms with van der Waals surface area (Å²) in [6, 6.07) is 0.172. The van der Waals surface area contributed by atoms with E-state index in [-0.39, 0.29) is 24.4 Å². The van der Waals surface area contributed by atoms with E-state index in [9.17, 15) is 9.59 Å². The number of rotatable bonds is 4. The van der Waals surface area contributed by atoms with E-state index in [0.717, 1.165) is 0 Å². The maximum Gasteiger partial charge on any atom is 0.331 e. The normalized spacial score (nSPS) is 11.8. The molecule has 0 saturated carbocycles. The summed E-state index contributed by atoms with van der Waals surface area (Å²) in [5.41, 5.74) is 0.395. The van der Waals surface area contributed by atoms with Gasteiger partial charge in [-0.25, -0.2) is 4.79 Å². The summed E-state index contributed by atoms with van der Waals surface area (Å²) in [4.78, 5) is 22.1. The molecule has 108 valence electrons. The Morgan fingerprint density at radius 1 is 1.33 bits per heavy atom. The summed E-state index contributed by atoms with van der Waals surface area (Å²) in [5.74, 6) is -1.06. The van der Waals surface area contributed by atoms with Crippen LogP contribution < -0.4 is 0 Å². The molecule has 0 bridgehead atoms. The highest BCUT2D eigenvalue weighted by atomic mass is 35.5. The molecule has 0 aromatic heterocycles. The van der Waals surface area contributed by atoms with Crippen LogP contribution in [-0.4, -0.2) is 48.7 Å². The van der Waals surface area contributed by atoms with Crippen LogP contribution in [0.4, 0.5) is 0 Å². The lowest BCUT2D eigenvalue weighted by Crippen LogP contribution is -2.23. The van der Waals surface area contributed by atoms with Crippen LogP contribution in [0.15, 0.2) is 11.6 Å². The van der Waals surface area contributed by atoms with Crippen molar-refractivity contribution in [2.45, 2.75) is 33.7 Å². The number of nitrogens with zero attached hydrogens (tertiary/aromatic N) is 1. The van der Waals surface area contributed by atoms with Gasteiger partial charge in [-0.05, 0) is 34.9 Å². The summed E-state index contributed by atoms with van der Waals surface area (Å²) in [7, 11) is 3.83. The van der Waals surface area contributed by atoms with E-state index in [1.54, 1.807) is 19.9 Å². The van der Waals surface area contributed by atoms with Crippen LogP contribution in [0, 0.1) is 0 Å². The predicted octanol–water partition coefficient (Wildman–Crippen LogP) is 1.96. The molecular formula is C12H24ClNO4. The van der Waals surface area contributed by atoms with Crippen LogP contribution in [0.1, 0.15) is 27.7 Å². The summed E-state index contributed by atoms with van der Waals surface area (Å²) in [6.45, 7) is 7.20. The number of hydrogen-bond acceptors (Lipinski definition) is 4. The first kappa shape index (κ1) is 22.1.